The number of halogens is 5. The topological polar surface area (TPSA) is 66.9 Å². The predicted octanol–water partition coefficient (Wildman–Crippen LogP) is 4.27. The van der Waals surface area contributed by atoms with Crippen LogP contribution in [0.2, 0.25) is 0 Å². The zero-order chi connectivity index (χ0) is 24.4. The second kappa shape index (κ2) is 11.1. The first kappa shape index (κ1) is 28.8. The van der Waals surface area contributed by atoms with E-state index in [2.05, 4.69) is 0 Å². The molecular weight excluding hydrogens is 500 g/mol. The number of benzene rings is 1. The van der Waals surface area contributed by atoms with Gasteiger partial charge in [0.25, 0.3) is 0 Å². The van der Waals surface area contributed by atoms with Crippen LogP contribution < -0.4 is 4.74 Å². The van der Waals surface area contributed by atoms with Crippen molar-refractivity contribution in [3.8, 4) is 5.75 Å². The summed E-state index contributed by atoms with van der Waals surface area (Å²) >= 11 is 0. The Morgan fingerprint density at radius 3 is 2.03 bits per heavy atom. The number of carbonyl (C=O) groups excluding carboxylic acids is 1. The maximum Gasteiger partial charge on any atom is 0.248 e. The summed E-state index contributed by atoms with van der Waals surface area (Å²) in [6.07, 6.45) is -0.491. The van der Waals surface area contributed by atoms with Crippen LogP contribution in [0.4, 0.5) is 17.6 Å². The van der Waals surface area contributed by atoms with Crippen molar-refractivity contribution < 1.29 is 35.5 Å². The van der Waals surface area contributed by atoms with E-state index in [9.17, 15) is 30.8 Å². The van der Waals surface area contributed by atoms with Gasteiger partial charge >= 0.3 is 0 Å². The number of nitrogens with zero attached hydrogens (tertiary/aromatic N) is 2. The fraction of sp³-hybridized carbons (Fsp3) is 0.682. The Bertz CT molecular complexity index is 952. The van der Waals surface area contributed by atoms with E-state index in [-0.39, 0.29) is 75.5 Å². The van der Waals surface area contributed by atoms with Crippen LogP contribution in [0.3, 0.4) is 0 Å². The van der Waals surface area contributed by atoms with Crippen molar-refractivity contribution in [1.29, 1.82) is 0 Å². The average Bonchev–Trinajstić information content (AvgIpc) is 2.78. The number of hydrogen-bond acceptors (Lipinski definition) is 5. The van der Waals surface area contributed by atoms with Crippen LogP contribution >= 0.6 is 12.4 Å². The number of ketones is 1. The minimum Gasteiger partial charge on any atom is -0.497 e. The van der Waals surface area contributed by atoms with Gasteiger partial charge < -0.3 is 4.74 Å². The monoisotopic (exact) mass is 530 g/mol. The molecule has 0 unspecified atom stereocenters. The molecule has 194 valence electrons. The third kappa shape index (κ3) is 6.22. The Kier molecular flexibility index (Phi) is 9.40. The Labute approximate surface area is 204 Å². The van der Waals surface area contributed by atoms with Crippen molar-refractivity contribution in [2.75, 3.05) is 39.0 Å². The lowest BCUT2D eigenvalue weighted by atomic mass is 9.74. The molecule has 2 fully saturated rings. The first-order valence-electron chi connectivity index (χ1n) is 11.1. The van der Waals surface area contributed by atoms with Gasteiger partial charge in [-0.25, -0.2) is 26.0 Å². The fourth-order valence-electron chi connectivity index (χ4n) is 4.83. The lowest BCUT2D eigenvalue weighted by Crippen LogP contribution is -2.60. The highest BCUT2D eigenvalue weighted by Crippen LogP contribution is 2.44. The van der Waals surface area contributed by atoms with Crippen LogP contribution in [0.5, 0.6) is 5.75 Å². The molecule has 1 saturated carbocycles. The van der Waals surface area contributed by atoms with Gasteiger partial charge in [0.1, 0.15) is 17.4 Å². The summed E-state index contributed by atoms with van der Waals surface area (Å²) < 4.78 is 87.1. The molecule has 0 atom stereocenters. The summed E-state index contributed by atoms with van der Waals surface area (Å²) in [5.74, 6) is -5.66. The standard InChI is InChI=1S/C22H30F4N2O4S.ClH/c1-3-33(30,31)28-12-10-27(11-13-28)21(6-8-22(25,26)9-7-21)5-4-19(29)20-17(23)14-16(32-2)15-18(20)24;/h14-15H,3-13H2,1-2H3;1H. The molecule has 0 N–H and O–H groups in total. The van der Waals surface area contributed by atoms with Crippen LogP contribution in [0.25, 0.3) is 0 Å². The van der Waals surface area contributed by atoms with E-state index < -0.39 is 44.5 Å². The van der Waals surface area contributed by atoms with Crippen LogP contribution in [-0.2, 0) is 10.0 Å². The number of Topliss-reactive ketones (excluding diaryl/α,β-unsaturated/α-hetero) is 1. The molecule has 1 heterocycles. The highest BCUT2D eigenvalue weighted by Gasteiger charge is 2.47. The van der Waals surface area contributed by atoms with Crippen molar-refractivity contribution in [1.82, 2.24) is 9.21 Å². The molecule has 1 aromatic rings. The molecule has 3 rings (SSSR count). The van der Waals surface area contributed by atoms with Gasteiger partial charge in [0, 0.05) is 63.1 Å². The van der Waals surface area contributed by atoms with Gasteiger partial charge in [-0.2, -0.15) is 4.31 Å². The molecule has 1 aromatic carbocycles. The van der Waals surface area contributed by atoms with E-state index in [1.807, 2.05) is 4.90 Å². The number of hydrogen-bond donors (Lipinski definition) is 0. The smallest absolute Gasteiger partial charge is 0.248 e. The maximum absolute atomic E-state index is 14.3. The summed E-state index contributed by atoms with van der Waals surface area (Å²) in [4.78, 5) is 14.7. The predicted molar refractivity (Wildman–Crippen MR) is 122 cm³/mol. The second-order valence-corrected chi connectivity index (χ2v) is 11.0. The van der Waals surface area contributed by atoms with Gasteiger partial charge in [0.2, 0.25) is 15.9 Å². The van der Waals surface area contributed by atoms with Gasteiger partial charge in [-0.15, -0.1) is 12.4 Å². The molecule has 0 aromatic heterocycles. The van der Waals surface area contributed by atoms with Crippen molar-refractivity contribution in [2.24, 2.45) is 0 Å². The van der Waals surface area contributed by atoms with E-state index in [4.69, 9.17) is 4.74 Å². The zero-order valence-corrected chi connectivity index (χ0v) is 20.9. The van der Waals surface area contributed by atoms with Crippen LogP contribution in [0.1, 0.15) is 55.8 Å². The number of rotatable bonds is 8. The molecular formula is C22H31ClF4N2O4S. The lowest BCUT2D eigenvalue weighted by molar-refractivity contribution is -0.0891. The second-order valence-electron chi connectivity index (χ2n) is 8.76. The normalized spacial score (nSPS) is 21.0. The molecule has 1 saturated heterocycles. The Balaban J connectivity index is 0.00000408. The van der Waals surface area contributed by atoms with Gasteiger partial charge in [0.05, 0.1) is 18.4 Å². The number of methoxy groups -OCH3 is 1. The van der Waals surface area contributed by atoms with Crippen molar-refractivity contribution in [2.45, 2.75) is 56.9 Å². The minimum absolute atomic E-state index is 0. The Morgan fingerprint density at radius 2 is 1.56 bits per heavy atom. The SMILES string of the molecule is CCS(=O)(=O)N1CCN(C2(CCC(=O)c3c(F)cc(OC)cc3F)CCC(F)(F)CC2)CC1.Cl. The summed E-state index contributed by atoms with van der Waals surface area (Å²) in [7, 11) is -2.10. The van der Waals surface area contributed by atoms with Crippen molar-refractivity contribution in [3.63, 3.8) is 0 Å². The molecule has 0 radical (unpaired) electrons. The van der Waals surface area contributed by atoms with Gasteiger partial charge in [-0.3, -0.25) is 9.69 Å². The largest absolute Gasteiger partial charge is 0.497 e. The van der Waals surface area contributed by atoms with Crippen molar-refractivity contribution in [3.05, 3.63) is 29.3 Å². The molecule has 0 amide bonds. The summed E-state index contributed by atoms with van der Waals surface area (Å²) in [6, 6.07) is 1.86. The Hall–Kier alpha value is -1.43. The van der Waals surface area contributed by atoms with Crippen LogP contribution in [0.15, 0.2) is 12.1 Å². The van der Waals surface area contributed by atoms with E-state index in [0.717, 1.165) is 12.1 Å². The number of ether oxygens (including phenoxy) is 1. The van der Waals surface area contributed by atoms with Gasteiger partial charge in [-0.1, -0.05) is 0 Å². The molecule has 0 bridgehead atoms. The first-order valence-corrected chi connectivity index (χ1v) is 12.7. The summed E-state index contributed by atoms with van der Waals surface area (Å²) in [6.45, 7) is 2.75. The highest BCUT2D eigenvalue weighted by molar-refractivity contribution is 7.89. The van der Waals surface area contributed by atoms with E-state index >= 15 is 0 Å². The third-order valence-corrected chi connectivity index (χ3v) is 8.81. The maximum atomic E-state index is 14.3. The fourth-order valence-corrected chi connectivity index (χ4v) is 5.92. The van der Waals surface area contributed by atoms with E-state index in [1.165, 1.54) is 11.4 Å². The first-order chi connectivity index (χ1) is 15.4. The molecule has 34 heavy (non-hydrogen) atoms. The molecule has 1 aliphatic carbocycles. The highest BCUT2D eigenvalue weighted by atomic mass is 35.5. The van der Waals surface area contributed by atoms with Crippen LogP contribution in [-0.4, -0.2) is 73.9 Å². The average molecular weight is 531 g/mol. The number of sulfonamides is 1. The number of carbonyl (C=O) groups is 1. The van der Waals surface area contributed by atoms with Crippen molar-refractivity contribution >= 4 is 28.2 Å². The quantitative estimate of drug-likeness (QED) is 0.371. The lowest BCUT2D eigenvalue weighted by Gasteiger charge is -2.51. The molecule has 2 aliphatic rings. The van der Waals surface area contributed by atoms with Gasteiger partial charge in [-0.05, 0) is 26.2 Å². The van der Waals surface area contributed by atoms with E-state index in [1.54, 1.807) is 6.92 Å². The summed E-state index contributed by atoms with van der Waals surface area (Å²) in [5.41, 5.74) is -1.41. The van der Waals surface area contributed by atoms with Crippen LogP contribution in [0, 0.1) is 11.6 Å². The van der Waals surface area contributed by atoms with Gasteiger partial charge in [0.15, 0.2) is 5.78 Å². The molecule has 12 heteroatoms. The van der Waals surface area contributed by atoms with E-state index in [0.29, 0.717) is 13.1 Å². The molecule has 0 spiro atoms. The molecule has 6 nitrogen and oxygen atoms in total. The molecule has 1 aliphatic heterocycles. The minimum atomic E-state index is -3.35. The zero-order valence-electron chi connectivity index (χ0n) is 19.3. The third-order valence-electron chi connectivity index (χ3n) is 6.93. The summed E-state index contributed by atoms with van der Waals surface area (Å²) in [5, 5.41) is 0. The number of alkyl halides is 2. The Morgan fingerprint density at radius 1 is 1.03 bits per heavy atom. The number of piperazine rings is 1.